The Morgan fingerprint density at radius 3 is 2.06 bits per heavy atom. The van der Waals surface area contributed by atoms with Gasteiger partial charge in [-0.1, -0.05) is 59.8 Å². The molecular formula is C29H48FNO4. The number of aliphatic hydroxyl groups excluding tert-OH is 1. The van der Waals surface area contributed by atoms with Crippen LogP contribution >= 0.6 is 0 Å². The largest absolute Gasteiger partial charge is 0.506 e. The number of allylic oxidation sites excluding steroid dienone is 1. The average molecular weight is 494 g/mol. The first-order chi connectivity index (χ1) is 16.4. The fraction of sp³-hybridized carbons (Fsp3) is 0.552. The minimum Gasteiger partial charge on any atom is -0.506 e. The second kappa shape index (κ2) is 24.4. The second-order valence-corrected chi connectivity index (χ2v) is 8.13. The molecule has 0 fully saturated rings. The van der Waals surface area contributed by atoms with E-state index in [4.69, 9.17) is 9.84 Å². The number of carbonyl (C=O) groups is 2. The Hall–Kier alpha value is -2.76. The van der Waals surface area contributed by atoms with Gasteiger partial charge in [-0.25, -0.2) is 4.39 Å². The average Bonchev–Trinajstić information content (AvgIpc) is 2.83. The van der Waals surface area contributed by atoms with Gasteiger partial charge in [0.05, 0.1) is 19.0 Å². The summed E-state index contributed by atoms with van der Waals surface area (Å²) in [5.74, 6) is 1.49. The summed E-state index contributed by atoms with van der Waals surface area (Å²) < 4.78 is 17.4. The lowest BCUT2D eigenvalue weighted by Gasteiger charge is -2.03. The van der Waals surface area contributed by atoms with E-state index in [2.05, 4.69) is 11.6 Å². The summed E-state index contributed by atoms with van der Waals surface area (Å²) in [6, 6.07) is 7.30. The molecule has 0 aliphatic carbocycles. The Kier molecular flexibility index (Phi) is 25.6. The molecule has 0 amide bonds. The van der Waals surface area contributed by atoms with Gasteiger partial charge in [0.15, 0.2) is 5.78 Å². The fourth-order valence-corrected chi connectivity index (χ4v) is 1.90. The molecule has 0 bridgehead atoms. The molecule has 0 saturated heterocycles. The van der Waals surface area contributed by atoms with Crippen LogP contribution in [-0.2, 0) is 4.79 Å². The van der Waals surface area contributed by atoms with Crippen LogP contribution in [0.4, 0.5) is 4.39 Å². The van der Waals surface area contributed by atoms with Crippen LogP contribution in [-0.4, -0.2) is 35.2 Å². The van der Waals surface area contributed by atoms with Crippen molar-refractivity contribution < 1.29 is 23.8 Å². The third-order valence-corrected chi connectivity index (χ3v) is 4.31. The number of Topliss-reactive ketones (excluding diaryl/α,β-unsaturated/α-hetero) is 2. The van der Waals surface area contributed by atoms with Crippen molar-refractivity contribution in [2.75, 3.05) is 6.61 Å². The third-order valence-electron chi connectivity index (χ3n) is 4.31. The predicted molar refractivity (Wildman–Crippen MR) is 148 cm³/mol. The molecule has 6 heteroatoms. The Labute approximate surface area is 213 Å². The summed E-state index contributed by atoms with van der Waals surface area (Å²) in [6.45, 7) is 20.7. The van der Waals surface area contributed by atoms with E-state index in [1.807, 2.05) is 73.6 Å². The van der Waals surface area contributed by atoms with E-state index in [0.717, 1.165) is 29.9 Å². The second-order valence-electron chi connectivity index (χ2n) is 8.13. The number of hydrogen-bond acceptors (Lipinski definition) is 5. The number of nitrogens with zero attached hydrogens (tertiary/aromatic N) is 1. The molecule has 1 aromatic carbocycles. The number of hydrogen-bond donors (Lipinski definition) is 1. The van der Waals surface area contributed by atoms with Crippen molar-refractivity contribution in [3.8, 4) is 5.75 Å². The topological polar surface area (TPSA) is 76.0 Å². The van der Waals surface area contributed by atoms with Crippen molar-refractivity contribution in [2.24, 2.45) is 10.9 Å². The van der Waals surface area contributed by atoms with Crippen LogP contribution in [0.15, 0.2) is 53.9 Å². The van der Waals surface area contributed by atoms with Crippen molar-refractivity contribution in [3.63, 3.8) is 0 Å². The zero-order valence-electron chi connectivity index (χ0n) is 23.4. The van der Waals surface area contributed by atoms with Gasteiger partial charge < -0.3 is 9.84 Å². The van der Waals surface area contributed by atoms with Gasteiger partial charge in [0.25, 0.3) is 0 Å². The molecule has 35 heavy (non-hydrogen) atoms. The maximum Gasteiger partial charge on any atom is 0.162 e. The molecule has 200 valence electrons. The minimum atomic E-state index is -0.551. The highest BCUT2D eigenvalue weighted by Gasteiger charge is 2.03. The highest BCUT2D eigenvalue weighted by atomic mass is 19.1. The molecule has 1 rings (SSSR count). The normalized spacial score (nSPS) is 10.8. The zero-order valence-corrected chi connectivity index (χ0v) is 23.4. The summed E-state index contributed by atoms with van der Waals surface area (Å²) in [5, 5.41) is 8.74. The first-order valence-corrected chi connectivity index (χ1v) is 12.3. The van der Waals surface area contributed by atoms with E-state index in [1.54, 1.807) is 13.0 Å². The summed E-state index contributed by atoms with van der Waals surface area (Å²) in [7, 11) is 0. The lowest BCUT2D eigenvalue weighted by Crippen LogP contribution is -1.98. The van der Waals surface area contributed by atoms with Gasteiger partial charge in [-0.2, -0.15) is 0 Å². The molecule has 0 aliphatic heterocycles. The molecule has 0 heterocycles. The number of aliphatic imine (C=N–C) groups is 1. The maximum absolute atomic E-state index is 12.1. The molecule has 0 radical (unpaired) electrons. The van der Waals surface area contributed by atoms with Gasteiger partial charge in [-0.15, -0.1) is 0 Å². The first kappa shape index (κ1) is 36.8. The number of alkyl halides is 1. The number of ether oxygens (including phenoxy) is 1. The van der Waals surface area contributed by atoms with Crippen molar-refractivity contribution in [1.29, 1.82) is 0 Å². The quantitative estimate of drug-likeness (QED) is 0.153. The van der Waals surface area contributed by atoms with Crippen molar-refractivity contribution in [2.45, 2.75) is 94.2 Å². The lowest BCUT2D eigenvalue weighted by atomic mass is 10.1. The van der Waals surface area contributed by atoms with Crippen LogP contribution in [0, 0.1) is 5.92 Å². The molecule has 1 N–H and O–H groups in total. The van der Waals surface area contributed by atoms with Gasteiger partial charge in [0.2, 0.25) is 0 Å². The number of ketones is 2. The SMILES string of the molecule is C=C/C(O)=C\N=C(C)C.CC(=O)C(C)C.CCC[C@@H](F)CC.CCOc1cccc(C(=O)CC)c1. The molecule has 0 aromatic heterocycles. The molecule has 5 nitrogen and oxygen atoms in total. The lowest BCUT2D eigenvalue weighted by molar-refractivity contribution is -0.119. The Morgan fingerprint density at radius 1 is 1.14 bits per heavy atom. The molecular weight excluding hydrogens is 445 g/mol. The van der Waals surface area contributed by atoms with Crippen molar-refractivity contribution >= 4 is 17.3 Å². The Morgan fingerprint density at radius 2 is 1.71 bits per heavy atom. The van der Waals surface area contributed by atoms with Crippen LogP contribution in [0.3, 0.4) is 0 Å². The first-order valence-electron chi connectivity index (χ1n) is 12.3. The van der Waals surface area contributed by atoms with Crippen LogP contribution in [0.2, 0.25) is 0 Å². The van der Waals surface area contributed by atoms with Gasteiger partial charge in [-0.3, -0.25) is 14.6 Å². The highest BCUT2D eigenvalue weighted by molar-refractivity contribution is 5.96. The van der Waals surface area contributed by atoms with Gasteiger partial charge in [-0.05, 0) is 58.7 Å². The van der Waals surface area contributed by atoms with E-state index < -0.39 is 6.17 Å². The summed E-state index contributed by atoms with van der Waals surface area (Å²) >= 11 is 0. The van der Waals surface area contributed by atoms with E-state index >= 15 is 0 Å². The Balaban J connectivity index is -0.000000411. The van der Waals surface area contributed by atoms with E-state index in [9.17, 15) is 14.0 Å². The smallest absolute Gasteiger partial charge is 0.162 e. The molecule has 1 aromatic rings. The minimum absolute atomic E-state index is 0.0937. The Bertz CT molecular complexity index is 766. The van der Waals surface area contributed by atoms with E-state index in [-0.39, 0.29) is 23.2 Å². The highest BCUT2D eigenvalue weighted by Crippen LogP contribution is 2.14. The van der Waals surface area contributed by atoms with Gasteiger partial charge in [0.1, 0.15) is 17.3 Å². The maximum atomic E-state index is 12.1. The van der Waals surface area contributed by atoms with Crippen LogP contribution in [0.25, 0.3) is 0 Å². The molecule has 0 aliphatic rings. The summed E-state index contributed by atoms with van der Waals surface area (Å²) in [4.78, 5) is 25.3. The molecule has 0 saturated carbocycles. The number of rotatable bonds is 10. The van der Waals surface area contributed by atoms with Gasteiger partial charge >= 0.3 is 0 Å². The predicted octanol–water partition coefficient (Wildman–Crippen LogP) is 8.50. The zero-order chi connectivity index (χ0) is 27.8. The number of halogens is 1. The van der Waals surface area contributed by atoms with Crippen molar-refractivity contribution in [3.05, 3.63) is 54.4 Å². The fourth-order valence-electron chi connectivity index (χ4n) is 1.90. The molecule has 1 atom stereocenters. The summed E-state index contributed by atoms with van der Waals surface area (Å²) in [6.07, 6.45) is 5.06. The van der Waals surface area contributed by atoms with Crippen LogP contribution in [0.1, 0.15) is 98.4 Å². The van der Waals surface area contributed by atoms with E-state index in [0.29, 0.717) is 19.4 Å². The third kappa shape index (κ3) is 25.7. The van der Waals surface area contributed by atoms with Crippen LogP contribution < -0.4 is 4.74 Å². The van der Waals surface area contributed by atoms with Crippen molar-refractivity contribution in [1.82, 2.24) is 0 Å². The number of benzene rings is 1. The standard InChI is InChI=1S/C11H14O2.C7H11NO.C6H13F.C5H10O/c1-3-11(12)9-6-5-7-10(8-9)13-4-2;1-4-7(9)5-8-6(2)3;1-3-5-6(7)4-2;1-4(2)5(3)6/h5-8H,3-4H2,1-2H3;4-5,9H,1H2,2-3H3;6H,3-5H2,1-2H3;4H,1-3H3/b;7-5+;;/t;;6-;/m..0./s1. The monoisotopic (exact) mass is 493 g/mol. The summed E-state index contributed by atoms with van der Waals surface area (Å²) in [5.41, 5.74) is 1.64. The molecule has 0 unspecified atom stereocenters. The molecule has 0 spiro atoms. The van der Waals surface area contributed by atoms with Gasteiger partial charge in [0, 0.05) is 23.6 Å². The number of carbonyl (C=O) groups excluding carboxylic acids is 2. The van der Waals surface area contributed by atoms with Crippen LogP contribution in [0.5, 0.6) is 5.75 Å². The van der Waals surface area contributed by atoms with E-state index in [1.165, 1.54) is 12.3 Å². The number of aliphatic hydroxyl groups is 1.